The van der Waals surface area contributed by atoms with Crippen molar-refractivity contribution in [1.29, 1.82) is 0 Å². The number of piperazine rings is 1. The predicted octanol–water partition coefficient (Wildman–Crippen LogP) is -0.254. The van der Waals surface area contributed by atoms with E-state index in [1.54, 1.807) is 0 Å². The van der Waals surface area contributed by atoms with Gasteiger partial charge in [-0.15, -0.1) is 0 Å². The Labute approximate surface area is 72.2 Å². The second kappa shape index (κ2) is 3.69. The summed E-state index contributed by atoms with van der Waals surface area (Å²) >= 11 is 0. The van der Waals surface area contributed by atoms with Crippen LogP contribution in [0.25, 0.3) is 0 Å². The van der Waals surface area contributed by atoms with Crippen molar-refractivity contribution in [2.24, 2.45) is 0 Å². The highest BCUT2D eigenvalue weighted by atomic mass is 15.3. The van der Waals surface area contributed by atoms with Crippen LogP contribution in [0.5, 0.6) is 0 Å². The molecule has 1 fully saturated rings. The maximum atomic E-state index is 4.01. The fraction of sp³-hybridized carbons (Fsp3) is 0.625. The topological polar surface area (TPSA) is 33.1 Å². The van der Waals surface area contributed by atoms with Gasteiger partial charge in [0.05, 0.1) is 13.0 Å². The molecule has 66 valence electrons. The Morgan fingerprint density at radius 1 is 1.33 bits per heavy atom. The summed E-state index contributed by atoms with van der Waals surface area (Å²) in [5.41, 5.74) is 0. The molecule has 0 bridgehead atoms. The molecule has 0 spiro atoms. The van der Waals surface area contributed by atoms with Gasteiger partial charge in [0.25, 0.3) is 0 Å². The lowest BCUT2D eigenvalue weighted by Crippen LogP contribution is -2.43. The van der Waals surface area contributed by atoms with Gasteiger partial charge in [-0.1, -0.05) is 0 Å². The second-order valence-corrected chi connectivity index (χ2v) is 3.09. The van der Waals surface area contributed by atoms with E-state index >= 15 is 0 Å². The van der Waals surface area contributed by atoms with Gasteiger partial charge in [0.1, 0.15) is 0 Å². The summed E-state index contributed by atoms with van der Waals surface area (Å²) in [6.07, 6.45) is 5.69. The molecular formula is C8H14N4. The monoisotopic (exact) mass is 166 g/mol. The lowest BCUT2D eigenvalue weighted by Gasteiger charge is -2.27. The van der Waals surface area contributed by atoms with Crippen molar-refractivity contribution in [2.75, 3.05) is 26.2 Å². The number of imidazole rings is 1. The average Bonchev–Trinajstić information content (AvgIpc) is 2.59. The summed E-state index contributed by atoms with van der Waals surface area (Å²) in [6, 6.07) is 0. The van der Waals surface area contributed by atoms with E-state index in [2.05, 4.69) is 19.8 Å². The molecule has 0 unspecified atom stereocenters. The van der Waals surface area contributed by atoms with E-state index in [9.17, 15) is 0 Å². The van der Waals surface area contributed by atoms with Crippen molar-refractivity contribution < 1.29 is 0 Å². The van der Waals surface area contributed by atoms with Crippen molar-refractivity contribution >= 4 is 0 Å². The number of nitrogens with one attached hydrogen (secondary N) is 1. The molecule has 0 radical (unpaired) electrons. The van der Waals surface area contributed by atoms with Crippen LogP contribution in [0.15, 0.2) is 18.7 Å². The fourth-order valence-electron chi connectivity index (χ4n) is 1.45. The molecule has 1 aliphatic heterocycles. The number of hydrogen-bond acceptors (Lipinski definition) is 3. The highest BCUT2D eigenvalue weighted by Crippen LogP contribution is 1.95. The van der Waals surface area contributed by atoms with Gasteiger partial charge >= 0.3 is 0 Å². The zero-order valence-electron chi connectivity index (χ0n) is 7.11. The summed E-state index contributed by atoms with van der Waals surface area (Å²) in [5.74, 6) is 0. The second-order valence-electron chi connectivity index (χ2n) is 3.09. The van der Waals surface area contributed by atoms with Crippen LogP contribution >= 0.6 is 0 Å². The van der Waals surface area contributed by atoms with Gasteiger partial charge in [-0.05, 0) is 0 Å². The van der Waals surface area contributed by atoms with Crippen molar-refractivity contribution in [3.63, 3.8) is 0 Å². The lowest BCUT2D eigenvalue weighted by molar-refractivity contribution is 0.193. The van der Waals surface area contributed by atoms with Gasteiger partial charge in [-0.25, -0.2) is 4.98 Å². The maximum Gasteiger partial charge on any atom is 0.0956 e. The van der Waals surface area contributed by atoms with Crippen LogP contribution in [0.4, 0.5) is 0 Å². The van der Waals surface area contributed by atoms with Gasteiger partial charge < -0.3 is 9.88 Å². The van der Waals surface area contributed by atoms with Crippen LogP contribution in [-0.2, 0) is 6.67 Å². The zero-order valence-corrected chi connectivity index (χ0v) is 7.11. The quantitative estimate of drug-likeness (QED) is 0.657. The summed E-state index contributed by atoms with van der Waals surface area (Å²) in [5, 5.41) is 3.33. The average molecular weight is 166 g/mol. The molecule has 0 aliphatic carbocycles. The Morgan fingerprint density at radius 3 is 2.83 bits per heavy atom. The number of hydrogen-bond donors (Lipinski definition) is 1. The van der Waals surface area contributed by atoms with Gasteiger partial charge in [0.15, 0.2) is 0 Å². The van der Waals surface area contributed by atoms with E-state index in [-0.39, 0.29) is 0 Å². The summed E-state index contributed by atoms with van der Waals surface area (Å²) < 4.78 is 2.10. The van der Waals surface area contributed by atoms with E-state index in [1.165, 1.54) is 0 Å². The highest BCUT2D eigenvalue weighted by Gasteiger charge is 2.08. The summed E-state index contributed by atoms with van der Waals surface area (Å²) in [6.45, 7) is 5.46. The standard InChI is InChI=1S/C8H14N4/c1-4-11(5-2-9-1)8-12-6-3-10-7-12/h3,6-7,9H,1-2,4-5,8H2. The van der Waals surface area contributed by atoms with E-state index < -0.39 is 0 Å². The Hall–Kier alpha value is -0.870. The highest BCUT2D eigenvalue weighted by molar-refractivity contribution is 4.75. The van der Waals surface area contributed by atoms with Crippen molar-refractivity contribution in [3.05, 3.63) is 18.7 Å². The largest absolute Gasteiger partial charge is 0.324 e. The third-order valence-corrected chi connectivity index (χ3v) is 2.13. The minimum absolute atomic E-state index is 0.974. The molecule has 4 heteroatoms. The first-order chi connectivity index (χ1) is 5.95. The molecule has 1 aromatic rings. The molecule has 1 N–H and O–H groups in total. The molecule has 2 rings (SSSR count). The molecule has 2 heterocycles. The van der Waals surface area contributed by atoms with Crippen molar-refractivity contribution in [3.8, 4) is 0 Å². The lowest BCUT2D eigenvalue weighted by atomic mass is 10.4. The van der Waals surface area contributed by atoms with Crippen molar-refractivity contribution in [2.45, 2.75) is 6.67 Å². The predicted molar refractivity (Wildman–Crippen MR) is 46.7 cm³/mol. The Kier molecular flexibility index (Phi) is 2.39. The molecule has 0 amide bonds. The molecule has 1 aromatic heterocycles. The number of rotatable bonds is 2. The molecule has 0 saturated carbocycles. The van der Waals surface area contributed by atoms with E-state index in [0.29, 0.717) is 0 Å². The van der Waals surface area contributed by atoms with Gasteiger partial charge in [0.2, 0.25) is 0 Å². The first-order valence-corrected chi connectivity index (χ1v) is 4.34. The maximum absolute atomic E-state index is 4.01. The van der Waals surface area contributed by atoms with Crippen LogP contribution < -0.4 is 5.32 Å². The molecule has 0 atom stereocenters. The normalized spacial score (nSPS) is 19.7. The Bertz CT molecular complexity index is 213. The molecule has 1 saturated heterocycles. The molecule has 4 nitrogen and oxygen atoms in total. The third-order valence-electron chi connectivity index (χ3n) is 2.13. The summed E-state index contributed by atoms with van der Waals surface area (Å²) in [7, 11) is 0. The molecule has 12 heavy (non-hydrogen) atoms. The van der Waals surface area contributed by atoms with Gasteiger partial charge in [-0.2, -0.15) is 0 Å². The fourth-order valence-corrected chi connectivity index (χ4v) is 1.45. The van der Waals surface area contributed by atoms with Crippen LogP contribution in [-0.4, -0.2) is 40.6 Å². The van der Waals surface area contributed by atoms with E-state index in [4.69, 9.17) is 0 Å². The first-order valence-electron chi connectivity index (χ1n) is 4.34. The van der Waals surface area contributed by atoms with Crippen LogP contribution in [0.1, 0.15) is 0 Å². The smallest absolute Gasteiger partial charge is 0.0956 e. The van der Waals surface area contributed by atoms with E-state index in [0.717, 1.165) is 32.8 Å². The van der Waals surface area contributed by atoms with Crippen LogP contribution in [0.3, 0.4) is 0 Å². The molecule has 1 aliphatic rings. The van der Waals surface area contributed by atoms with Crippen molar-refractivity contribution in [1.82, 2.24) is 19.8 Å². The number of aromatic nitrogens is 2. The van der Waals surface area contributed by atoms with Gasteiger partial charge in [-0.3, -0.25) is 4.90 Å². The molecular weight excluding hydrogens is 152 g/mol. The zero-order chi connectivity index (χ0) is 8.23. The first kappa shape index (κ1) is 7.76. The third kappa shape index (κ3) is 1.84. The van der Waals surface area contributed by atoms with Gasteiger partial charge in [0, 0.05) is 38.6 Å². The minimum atomic E-state index is 0.974. The Morgan fingerprint density at radius 2 is 2.17 bits per heavy atom. The Balaban J connectivity index is 1.86. The SMILES string of the molecule is c1cn(CN2CCNCC2)cn1. The number of nitrogens with zero attached hydrogens (tertiary/aromatic N) is 3. The van der Waals surface area contributed by atoms with Crippen LogP contribution in [0, 0.1) is 0 Å². The molecule has 0 aromatic carbocycles. The summed E-state index contributed by atoms with van der Waals surface area (Å²) in [4.78, 5) is 6.42. The van der Waals surface area contributed by atoms with Crippen LogP contribution in [0.2, 0.25) is 0 Å². The van der Waals surface area contributed by atoms with E-state index in [1.807, 2.05) is 18.7 Å². The minimum Gasteiger partial charge on any atom is -0.324 e.